The van der Waals surface area contributed by atoms with Crippen molar-refractivity contribution in [1.29, 1.82) is 0 Å². The number of nitrogens with two attached hydrogens (primary N) is 1. The van der Waals surface area contributed by atoms with Crippen molar-refractivity contribution in [2.45, 2.75) is 6.29 Å². The molecule has 2 atom stereocenters. The first-order valence-electron chi connectivity index (χ1n) is 5.60. The van der Waals surface area contributed by atoms with Crippen LogP contribution in [0.25, 0.3) is 5.70 Å². The van der Waals surface area contributed by atoms with E-state index in [9.17, 15) is 0 Å². The SMILES string of the molecule is CN1N=C2C=C(c3ccccc3)N[N+]2(C)C1N. The van der Waals surface area contributed by atoms with Crippen LogP contribution in [0.1, 0.15) is 5.56 Å². The number of fused-ring (bicyclic) bond motifs is 1. The Kier molecular flexibility index (Phi) is 2.01. The van der Waals surface area contributed by atoms with Gasteiger partial charge in [-0.25, -0.2) is 10.4 Å². The molecule has 1 aromatic rings. The van der Waals surface area contributed by atoms with Crippen LogP contribution >= 0.6 is 0 Å². The number of benzene rings is 1. The molecule has 0 bridgehead atoms. The predicted molar refractivity (Wildman–Crippen MR) is 66.9 cm³/mol. The molecule has 3 rings (SSSR count). The van der Waals surface area contributed by atoms with Crippen LogP contribution in [0.15, 0.2) is 41.5 Å². The molecule has 2 aliphatic rings. The van der Waals surface area contributed by atoms with Gasteiger partial charge in [0.05, 0.1) is 6.08 Å². The Morgan fingerprint density at radius 2 is 2.06 bits per heavy atom. The molecule has 88 valence electrons. The first-order chi connectivity index (χ1) is 8.11. The molecule has 5 heteroatoms. The fraction of sp³-hybridized carbons (Fsp3) is 0.250. The van der Waals surface area contributed by atoms with E-state index in [1.807, 2.05) is 32.3 Å². The second kappa shape index (κ2) is 3.32. The summed E-state index contributed by atoms with van der Waals surface area (Å²) in [5.41, 5.74) is 11.8. The fourth-order valence-electron chi connectivity index (χ4n) is 2.25. The van der Waals surface area contributed by atoms with E-state index < -0.39 is 0 Å². The number of amidine groups is 1. The van der Waals surface area contributed by atoms with Crippen LogP contribution < -0.4 is 11.2 Å². The Hall–Kier alpha value is -1.85. The molecule has 0 radical (unpaired) electrons. The van der Waals surface area contributed by atoms with Crippen molar-refractivity contribution in [3.05, 3.63) is 42.0 Å². The number of nitrogens with one attached hydrogen (secondary N) is 1. The number of hydrogen-bond acceptors (Lipinski definition) is 4. The van der Waals surface area contributed by atoms with Gasteiger partial charge in [0, 0.05) is 12.6 Å². The minimum absolute atomic E-state index is 0.192. The summed E-state index contributed by atoms with van der Waals surface area (Å²) in [5, 5.41) is 6.22. The second-order valence-electron chi connectivity index (χ2n) is 4.56. The van der Waals surface area contributed by atoms with Crippen LogP contribution in [0, 0.1) is 0 Å². The minimum atomic E-state index is -0.192. The van der Waals surface area contributed by atoms with Gasteiger partial charge in [-0.05, 0) is 0 Å². The zero-order valence-electron chi connectivity index (χ0n) is 9.96. The number of nitrogens with zero attached hydrogens (tertiary/aromatic N) is 3. The van der Waals surface area contributed by atoms with Crippen molar-refractivity contribution in [1.82, 2.24) is 10.4 Å². The Labute approximate surface area is 100 Å². The number of hydrogen-bond donors (Lipinski definition) is 2. The summed E-state index contributed by atoms with van der Waals surface area (Å²) in [4.78, 5) is 0. The monoisotopic (exact) mass is 230 g/mol. The topological polar surface area (TPSA) is 53.6 Å². The maximum Gasteiger partial charge on any atom is 0.274 e. The van der Waals surface area contributed by atoms with Crippen molar-refractivity contribution in [3.63, 3.8) is 0 Å². The summed E-state index contributed by atoms with van der Waals surface area (Å²) in [6, 6.07) is 10.2. The summed E-state index contributed by atoms with van der Waals surface area (Å²) in [6.07, 6.45) is 1.86. The van der Waals surface area contributed by atoms with Gasteiger partial charge in [-0.15, -0.1) is 9.69 Å². The van der Waals surface area contributed by atoms with Gasteiger partial charge < -0.3 is 0 Å². The molecule has 2 heterocycles. The van der Waals surface area contributed by atoms with Crippen LogP contribution in [-0.2, 0) is 0 Å². The van der Waals surface area contributed by atoms with Gasteiger partial charge in [0.2, 0.25) is 0 Å². The lowest BCUT2D eigenvalue weighted by molar-refractivity contribution is -0.883. The third-order valence-electron chi connectivity index (χ3n) is 3.36. The van der Waals surface area contributed by atoms with Crippen molar-refractivity contribution in [2.24, 2.45) is 10.8 Å². The van der Waals surface area contributed by atoms with Gasteiger partial charge in [-0.2, -0.15) is 0 Å². The fourth-order valence-corrected chi connectivity index (χ4v) is 2.25. The first kappa shape index (κ1) is 10.3. The summed E-state index contributed by atoms with van der Waals surface area (Å²) in [6.45, 7) is 0. The summed E-state index contributed by atoms with van der Waals surface area (Å²) in [7, 11) is 3.91. The number of likely N-dealkylation sites (N-methyl/N-ethyl adjacent to an activating group) is 1. The van der Waals surface area contributed by atoms with Gasteiger partial charge in [0.15, 0.2) is 0 Å². The van der Waals surface area contributed by atoms with Crippen molar-refractivity contribution in [3.8, 4) is 0 Å². The highest BCUT2D eigenvalue weighted by molar-refractivity contribution is 5.97. The smallest absolute Gasteiger partial charge is 0.259 e. The molecular formula is C12H16N5+. The normalized spacial score (nSPS) is 30.8. The molecule has 0 aliphatic carbocycles. The molecule has 5 nitrogen and oxygen atoms in total. The third-order valence-corrected chi connectivity index (χ3v) is 3.36. The summed E-state index contributed by atoms with van der Waals surface area (Å²) < 4.78 is 0.431. The highest BCUT2D eigenvalue weighted by atomic mass is 15.8. The van der Waals surface area contributed by atoms with Gasteiger partial charge in [0.25, 0.3) is 12.1 Å². The number of rotatable bonds is 1. The van der Waals surface area contributed by atoms with Gasteiger partial charge in [0.1, 0.15) is 12.7 Å². The molecule has 0 aromatic heterocycles. The van der Waals surface area contributed by atoms with Crippen molar-refractivity contribution >= 4 is 11.5 Å². The van der Waals surface area contributed by atoms with Gasteiger partial charge in [-0.1, -0.05) is 30.3 Å². The van der Waals surface area contributed by atoms with E-state index in [1.54, 1.807) is 5.01 Å². The highest BCUT2D eigenvalue weighted by Gasteiger charge is 2.48. The quantitative estimate of drug-likeness (QED) is 0.691. The van der Waals surface area contributed by atoms with Crippen LogP contribution in [0.2, 0.25) is 0 Å². The molecule has 0 saturated carbocycles. The van der Waals surface area contributed by atoms with Gasteiger partial charge in [-0.3, -0.25) is 5.73 Å². The molecule has 2 aliphatic heterocycles. The van der Waals surface area contributed by atoms with Crippen LogP contribution in [0.4, 0.5) is 0 Å². The summed E-state index contributed by atoms with van der Waals surface area (Å²) in [5.74, 6) is 0.943. The molecule has 0 amide bonds. The Bertz CT molecular complexity index is 507. The van der Waals surface area contributed by atoms with Crippen molar-refractivity contribution in [2.75, 3.05) is 14.1 Å². The lowest BCUT2D eigenvalue weighted by Crippen LogP contribution is -2.64. The molecule has 0 saturated heterocycles. The maximum atomic E-state index is 6.13. The molecule has 0 fully saturated rings. The van der Waals surface area contributed by atoms with E-state index in [1.165, 1.54) is 0 Å². The first-order valence-corrected chi connectivity index (χ1v) is 5.60. The van der Waals surface area contributed by atoms with E-state index in [4.69, 9.17) is 5.73 Å². The molecule has 3 N–H and O–H groups in total. The summed E-state index contributed by atoms with van der Waals surface area (Å²) >= 11 is 0. The molecular weight excluding hydrogens is 214 g/mol. The Balaban J connectivity index is 1.99. The molecule has 1 aromatic carbocycles. The van der Waals surface area contributed by atoms with E-state index in [2.05, 4.69) is 28.7 Å². The largest absolute Gasteiger partial charge is 0.274 e. The average Bonchev–Trinajstić information content (AvgIpc) is 2.77. The number of quaternary nitrogens is 1. The van der Waals surface area contributed by atoms with E-state index in [0.29, 0.717) is 4.59 Å². The van der Waals surface area contributed by atoms with Gasteiger partial charge >= 0.3 is 0 Å². The van der Waals surface area contributed by atoms with Crippen LogP contribution in [-0.4, -0.2) is 35.8 Å². The number of hydrazone groups is 1. The standard InChI is InChI=1S/C12H16N5/c1-16-12(13)17(2)11(14-16)8-10(15-17)9-6-4-3-5-7-9/h3-8,12,15H,13H2,1-2H3/q+1. The van der Waals surface area contributed by atoms with Crippen LogP contribution in [0.3, 0.4) is 0 Å². The van der Waals surface area contributed by atoms with Crippen LogP contribution in [0.5, 0.6) is 0 Å². The predicted octanol–water partition coefficient (Wildman–Crippen LogP) is 0.493. The van der Waals surface area contributed by atoms with E-state index in [0.717, 1.165) is 17.1 Å². The average molecular weight is 230 g/mol. The third kappa shape index (κ3) is 1.36. The zero-order chi connectivity index (χ0) is 12.0. The maximum absolute atomic E-state index is 6.13. The Morgan fingerprint density at radius 3 is 2.71 bits per heavy atom. The zero-order valence-corrected chi connectivity index (χ0v) is 9.96. The van der Waals surface area contributed by atoms with E-state index in [-0.39, 0.29) is 6.29 Å². The highest BCUT2D eigenvalue weighted by Crippen LogP contribution is 2.28. The molecule has 2 unspecified atom stereocenters. The minimum Gasteiger partial charge on any atom is -0.259 e. The van der Waals surface area contributed by atoms with Crippen molar-refractivity contribution < 1.29 is 4.59 Å². The lowest BCUT2D eigenvalue weighted by Gasteiger charge is -2.30. The van der Waals surface area contributed by atoms with E-state index >= 15 is 0 Å². The molecule has 17 heavy (non-hydrogen) atoms. The Morgan fingerprint density at radius 1 is 1.35 bits per heavy atom. The second-order valence-corrected chi connectivity index (χ2v) is 4.56. The lowest BCUT2D eigenvalue weighted by atomic mass is 10.1. The molecule has 0 spiro atoms.